The molecule has 11 heteroatoms. The zero-order chi connectivity index (χ0) is 19.3. The third-order valence-corrected chi connectivity index (χ3v) is 5.49. The highest BCUT2D eigenvalue weighted by Crippen LogP contribution is 2.35. The van der Waals surface area contributed by atoms with Crippen LogP contribution >= 0.6 is 0 Å². The van der Waals surface area contributed by atoms with E-state index in [1.54, 1.807) is 6.07 Å². The molecule has 0 radical (unpaired) electrons. The van der Waals surface area contributed by atoms with Crippen LogP contribution in [-0.4, -0.2) is 41.1 Å². The fourth-order valence-corrected chi connectivity index (χ4v) is 4.16. The van der Waals surface area contributed by atoms with Crippen molar-refractivity contribution in [1.82, 2.24) is 34.6 Å². The van der Waals surface area contributed by atoms with Gasteiger partial charge in [-0.15, -0.1) is 25.5 Å². The van der Waals surface area contributed by atoms with Crippen molar-refractivity contribution < 1.29 is 13.2 Å². The molecule has 1 unspecified atom stereocenters. The van der Waals surface area contributed by atoms with Gasteiger partial charge in [0.05, 0.1) is 6.04 Å². The summed E-state index contributed by atoms with van der Waals surface area (Å²) in [4.78, 5) is 2.04. The molecule has 0 N–H and O–H groups in total. The molecule has 28 heavy (non-hydrogen) atoms. The summed E-state index contributed by atoms with van der Waals surface area (Å²) in [5, 5.41) is 19.9. The zero-order valence-electron chi connectivity index (χ0n) is 15.1. The number of anilines is 1. The quantitative estimate of drug-likeness (QED) is 0.668. The van der Waals surface area contributed by atoms with E-state index in [1.807, 2.05) is 4.90 Å². The van der Waals surface area contributed by atoms with E-state index < -0.39 is 12.0 Å². The second-order valence-electron chi connectivity index (χ2n) is 7.27. The van der Waals surface area contributed by atoms with Gasteiger partial charge >= 0.3 is 6.18 Å². The lowest BCUT2D eigenvalue weighted by molar-refractivity contribution is -0.146. The van der Waals surface area contributed by atoms with Crippen LogP contribution in [-0.2, 0) is 19.1 Å². The molecule has 3 aromatic rings. The number of aryl methyl sites for hydroxylation is 1. The molecular formula is C17H19F3N8. The smallest absolute Gasteiger partial charge is 0.345 e. The Kier molecular flexibility index (Phi) is 3.98. The first-order chi connectivity index (χ1) is 13.5. The van der Waals surface area contributed by atoms with Gasteiger partial charge in [-0.2, -0.15) is 17.7 Å². The number of nitrogens with zero attached hydrogens (tertiary/aromatic N) is 8. The van der Waals surface area contributed by atoms with E-state index in [4.69, 9.17) is 0 Å². The summed E-state index contributed by atoms with van der Waals surface area (Å²) in [5.74, 6) is 1.23. The van der Waals surface area contributed by atoms with E-state index in [-0.39, 0.29) is 11.7 Å². The molecule has 3 aromatic heterocycles. The van der Waals surface area contributed by atoms with Crippen LogP contribution in [0, 0.1) is 0 Å². The Balaban J connectivity index is 1.56. The Bertz CT molecular complexity index is 1010. The second-order valence-corrected chi connectivity index (χ2v) is 7.27. The Morgan fingerprint density at radius 2 is 1.79 bits per heavy atom. The van der Waals surface area contributed by atoms with Crippen molar-refractivity contribution >= 4 is 11.5 Å². The van der Waals surface area contributed by atoms with Crippen molar-refractivity contribution in [3.05, 3.63) is 29.6 Å². The first-order valence-corrected chi connectivity index (χ1v) is 9.50. The molecule has 5 rings (SSSR count). The number of hydrogen-bond acceptors (Lipinski definition) is 6. The number of aromatic nitrogens is 7. The molecule has 148 valence electrons. The summed E-state index contributed by atoms with van der Waals surface area (Å²) in [6.07, 6.45) is 1.35. The Labute approximate surface area is 158 Å². The summed E-state index contributed by atoms with van der Waals surface area (Å²) < 4.78 is 42.6. The highest BCUT2D eigenvalue weighted by molar-refractivity contribution is 5.47. The van der Waals surface area contributed by atoms with Gasteiger partial charge in [-0.1, -0.05) is 0 Å². The molecule has 8 nitrogen and oxygen atoms in total. The number of halogens is 3. The maximum Gasteiger partial charge on any atom is 0.453 e. The molecule has 0 aromatic carbocycles. The summed E-state index contributed by atoms with van der Waals surface area (Å²) >= 11 is 0. The Hall–Kier alpha value is -2.72. The maximum absolute atomic E-state index is 13.2. The summed E-state index contributed by atoms with van der Waals surface area (Å²) in [6, 6.07) is 3.18. The molecule has 1 saturated heterocycles. The number of alkyl halides is 3. The molecule has 2 aliphatic heterocycles. The third-order valence-electron chi connectivity index (χ3n) is 5.49. The fourth-order valence-electron chi connectivity index (χ4n) is 4.16. The summed E-state index contributed by atoms with van der Waals surface area (Å²) in [7, 11) is 0. The van der Waals surface area contributed by atoms with E-state index in [0.29, 0.717) is 12.4 Å². The molecule has 1 atom stereocenters. The van der Waals surface area contributed by atoms with E-state index in [0.717, 1.165) is 61.2 Å². The normalized spacial score (nSPS) is 20.5. The van der Waals surface area contributed by atoms with Crippen molar-refractivity contribution in [3.8, 4) is 0 Å². The van der Waals surface area contributed by atoms with Gasteiger partial charge in [-0.3, -0.25) is 0 Å². The van der Waals surface area contributed by atoms with Crippen LogP contribution in [0.5, 0.6) is 0 Å². The topological polar surface area (TPSA) is 77.0 Å². The van der Waals surface area contributed by atoms with Crippen LogP contribution in [0.1, 0.15) is 55.6 Å². The monoisotopic (exact) mass is 392 g/mol. The van der Waals surface area contributed by atoms with Crippen LogP contribution < -0.4 is 4.90 Å². The minimum Gasteiger partial charge on any atom is -0.345 e. The summed E-state index contributed by atoms with van der Waals surface area (Å²) in [5.41, 5.74) is 0.0736. The van der Waals surface area contributed by atoms with Crippen molar-refractivity contribution in [2.24, 2.45) is 0 Å². The first kappa shape index (κ1) is 17.4. The van der Waals surface area contributed by atoms with E-state index >= 15 is 0 Å². The highest BCUT2D eigenvalue weighted by Gasteiger charge is 2.38. The van der Waals surface area contributed by atoms with Gasteiger partial charge in [0.1, 0.15) is 11.6 Å². The van der Waals surface area contributed by atoms with Gasteiger partial charge in [0.2, 0.25) is 0 Å². The predicted octanol–water partition coefficient (Wildman–Crippen LogP) is 2.80. The molecule has 0 spiro atoms. The molecule has 5 heterocycles. The minimum absolute atomic E-state index is 0.0520. The van der Waals surface area contributed by atoms with Gasteiger partial charge in [-0.05, 0) is 44.2 Å². The molecule has 0 amide bonds. The molecule has 1 fully saturated rings. The largest absolute Gasteiger partial charge is 0.453 e. The fraction of sp³-hybridized carbons (Fsp3) is 0.588. The average molecular weight is 392 g/mol. The van der Waals surface area contributed by atoms with Crippen LogP contribution in [0.3, 0.4) is 0 Å². The number of fused-ring (bicyclic) bond motifs is 2. The Morgan fingerprint density at radius 1 is 0.929 bits per heavy atom. The highest BCUT2D eigenvalue weighted by atomic mass is 19.4. The maximum atomic E-state index is 13.2. The number of hydrogen-bond donors (Lipinski definition) is 0. The van der Waals surface area contributed by atoms with Gasteiger partial charge < -0.3 is 9.47 Å². The summed E-state index contributed by atoms with van der Waals surface area (Å²) in [6.45, 7) is 1.59. The standard InChI is InChI=1S/C17H19F3N8/c18-17(19,20)16-24-22-13-7-8-14(25-28(13)16)26-9-3-1-5-11(26)15-23-21-12-6-2-4-10-27(12)15/h7-8,11H,1-6,9-10H2. The molecule has 0 bridgehead atoms. The SMILES string of the molecule is FC(F)(F)c1nnc2ccc(N3CCCCC3c3nnc4n3CCCC4)nn12. The lowest BCUT2D eigenvalue weighted by Crippen LogP contribution is -2.36. The van der Waals surface area contributed by atoms with E-state index in [1.165, 1.54) is 6.07 Å². The van der Waals surface area contributed by atoms with Crippen LogP contribution in [0.4, 0.5) is 19.0 Å². The van der Waals surface area contributed by atoms with E-state index in [9.17, 15) is 13.2 Å². The first-order valence-electron chi connectivity index (χ1n) is 9.50. The molecule has 2 aliphatic rings. The van der Waals surface area contributed by atoms with Gasteiger partial charge in [0, 0.05) is 19.5 Å². The van der Waals surface area contributed by atoms with Crippen molar-refractivity contribution in [3.63, 3.8) is 0 Å². The number of piperidine rings is 1. The van der Waals surface area contributed by atoms with Crippen LogP contribution in [0.15, 0.2) is 12.1 Å². The average Bonchev–Trinajstić information content (AvgIpc) is 3.31. The van der Waals surface area contributed by atoms with E-state index in [2.05, 4.69) is 30.1 Å². The van der Waals surface area contributed by atoms with Crippen molar-refractivity contribution in [2.45, 2.75) is 57.3 Å². The van der Waals surface area contributed by atoms with Gasteiger partial charge in [0.15, 0.2) is 11.5 Å². The molecular weight excluding hydrogens is 373 g/mol. The van der Waals surface area contributed by atoms with Gasteiger partial charge in [0.25, 0.3) is 5.82 Å². The second kappa shape index (κ2) is 6.42. The lowest BCUT2D eigenvalue weighted by atomic mass is 10.0. The van der Waals surface area contributed by atoms with Crippen molar-refractivity contribution in [1.29, 1.82) is 0 Å². The van der Waals surface area contributed by atoms with Crippen LogP contribution in [0.25, 0.3) is 5.65 Å². The van der Waals surface area contributed by atoms with Crippen molar-refractivity contribution in [2.75, 3.05) is 11.4 Å². The molecule has 0 aliphatic carbocycles. The lowest BCUT2D eigenvalue weighted by Gasteiger charge is -2.36. The number of rotatable bonds is 2. The Morgan fingerprint density at radius 3 is 2.64 bits per heavy atom. The predicted molar refractivity (Wildman–Crippen MR) is 92.7 cm³/mol. The zero-order valence-corrected chi connectivity index (χ0v) is 15.1. The molecule has 0 saturated carbocycles. The van der Waals surface area contributed by atoms with Gasteiger partial charge in [-0.25, -0.2) is 0 Å². The minimum atomic E-state index is -4.61. The van der Waals surface area contributed by atoms with Crippen LogP contribution in [0.2, 0.25) is 0 Å². The third kappa shape index (κ3) is 2.80.